The minimum absolute atomic E-state index is 0.106. The predicted octanol–water partition coefficient (Wildman–Crippen LogP) is 2.01. The number of halogens is 3. The van der Waals surface area contributed by atoms with Crippen molar-refractivity contribution in [3.05, 3.63) is 29.6 Å². The Bertz CT molecular complexity index is 537. The van der Waals surface area contributed by atoms with Crippen molar-refractivity contribution in [3.63, 3.8) is 0 Å². The normalized spacial score (nSPS) is 21.9. The molecule has 0 spiro atoms. The summed E-state index contributed by atoms with van der Waals surface area (Å²) in [5.41, 5.74) is 0.534. The van der Waals surface area contributed by atoms with E-state index in [1.54, 1.807) is 13.0 Å². The van der Waals surface area contributed by atoms with Crippen molar-refractivity contribution in [2.75, 3.05) is 13.7 Å². The van der Waals surface area contributed by atoms with Gasteiger partial charge in [-0.2, -0.15) is 0 Å². The number of alkyl halides is 2. The molecule has 1 aliphatic heterocycles. The Morgan fingerprint density at radius 3 is 2.76 bits per heavy atom. The molecule has 2 N–H and O–H groups in total. The van der Waals surface area contributed by atoms with Gasteiger partial charge in [-0.15, -0.1) is 0 Å². The van der Waals surface area contributed by atoms with Gasteiger partial charge >= 0.3 is 0 Å². The number of benzene rings is 1. The van der Waals surface area contributed by atoms with Crippen LogP contribution in [0, 0.1) is 5.82 Å². The summed E-state index contributed by atoms with van der Waals surface area (Å²) >= 11 is 0. The summed E-state index contributed by atoms with van der Waals surface area (Å²) in [7, 11) is 1.36. The van der Waals surface area contributed by atoms with Gasteiger partial charge in [-0.3, -0.25) is 10.1 Å². The Hall–Kier alpha value is -1.76. The molecule has 1 aromatic carbocycles. The van der Waals surface area contributed by atoms with Gasteiger partial charge in [-0.05, 0) is 24.6 Å². The Morgan fingerprint density at radius 1 is 1.52 bits per heavy atom. The number of hydrogen-bond acceptors (Lipinski definition) is 3. The summed E-state index contributed by atoms with van der Waals surface area (Å²) in [6, 6.07) is 2.90. The van der Waals surface area contributed by atoms with Crippen LogP contribution in [0.3, 0.4) is 0 Å². The molecular formula is C14H17F3N2O2. The lowest BCUT2D eigenvalue weighted by molar-refractivity contribution is -0.124. The average molecular weight is 302 g/mol. The van der Waals surface area contributed by atoms with Crippen molar-refractivity contribution in [1.29, 1.82) is 0 Å². The van der Waals surface area contributed by atoms with Crippen molar-refractivity contribution in [2.45, 2.75) is 31.4 Å². The molecule has 0 saturated carbocycles. The SMILES string of the molecule is COc1ccc(C(C)NC(=O)C2CC(F)(F)CN2)cc1F. The quantitative estimate of drug-likeness (QED) is 0.894. The van der Waals surface area contributed by atoms with Crippen molar-refractivity contribution in [2.24, 2.45) is 0 Å². The van der Waals surface area contributed by atoms with Crippen molar-refractivity contribution < 1.29 is 22.7 Å². The maximum atomic E-state index is 13.6. The molecule has 0 aromatic heterocycles. The third kappa shape index (κ3) is 3.66. The first-order valence-electron chi connectivity index (χ1n) is 6.57. The number of amides is 1. The van der Waals surface area contributed by atoms with Crippen molar-refractivity contribution >= 4 is 5.91 Å². The number of carbonyl (C=O) groups is 1. The summed E-state index contributed by atoms with van der Waals surface area (Å²) in [6.45, 7) is 1.16. The van der Waals surface area contributed by atoms with E-state index < -0.39 is 42.7 Å². The third-order valence-corrected chi connectivity index (χ3v) is 3.46. The van der Waals surface area contributed by atoms with E-state index in [1.807, 2.05) is 0 Å². The number of nitrogens with one attached hydrogen (secondary N) is 2. The largest absolute Gasteiger partial charge is 0.494 e. The molecule has 1 aliphatic rings. The summed E-state index contributed by atoms with van der Waals surface area (Å²) in [4.78, 5) is 11.9. The zero-order valence-electron chi connectivity index (χ0n) is 11.8. The molecule has 0 aliphatic carbocycles. The van der Waals surface area contributed by atoms with E-state index in [1.165, 1.54) is 19.2 Å². The lowest BCUT2D eigenvalue weighted by Crippen LogP contribution is -2.41. The molecule has 21 heavy (non-hydrogen) atoms. The first-order valence-corrected chi connectivity index (χ1v) is 6.57. The fourth-order valence-corrected chi connectivity index (χ4v) is 2.25. The van der Waals surface area contributed by atoms with Crippen LogP contribution in [0.25, 0.3) is 0 Å². The first-order chi connectivity index (χ1) is 9.82. The molecule has 0 bridgehead atoms. The number of ether oxygens (including phenoxy) is 1. The zero-order chi connectivity index (χ0) is 15.6. The highest BCUT2D eigenvalue weighted by Gasteiger charge is 2.42. The van der Waals surface area contributed by atoms with Gasteiger partial charge in [0.2, 0.25) is 5.91 Å². The van der Waals surface area contributed by atoms with Crippen molar-refractivity contribution in [3.8, 4) is 5.75 Å². The highest BCUT2D eigenvalue weighted by molar-refractivity contribution is 5.82. The fourth-order valence-electron chi connectivity index (χ4n) is 2.25. The average Bonchev–Trinajstić information content (AvgIpc) is 2.79. The molecule has 1 fully saturated rings. The second kappa shape index (κ2) is 5.93. The smallest absolute Gasteiger partial charge is 0.262 e. The molecule has 2 atom stereocenters. The van der Waals surface area contributed by atoms with Gasteiger partial charge in [-0.25, -0.2) is 13.2 Å². The molecule has 1 saturated heterocycles. The molecule has 2 rings (SSSR count). The standard InChI is InChI=1S/C14H17F3N2O2/c1-8(9-3-4-12(21-2)10(15)5-9)19-13(20)11-6-14(16,17)7-18-11/h3-5,8,11,18H,6-7H2,1-2H3,(H,19,20). The first kappa shape index (κ1) is 15.6. The molecule has 2 unspecified atom stereocenters. The van der Waals surface area contributed by atoms with Gasteiger partial charge < -0.3 is 10.1 Å². The second-order valence-electron chi connectivity index (χ2n) is 5.12. The molecule has 7 heteroatoms. The Morgan fingerprint density at radius 2 is 2.24 bits per heavy atom. The molecule has 1 aromatic rings. The van der Waals surface area contributed by atoms with Gasteiger partial charge in [0.1, 0.15) is 0 Å². The Labute approximate surface area is 120 Å². The minimum atomic E-state index is -2.86. The topological polar surface area (TPSA) is 50.4 Å². The van der Waals surface area contributed by atoms with E-state index in [0.29, 0.717) is 5.56 Å². The van der Waals surface area contributed by atoms with E-state index in [-0.39, 0.29) is 5.75 Å². The number of methoxy groups -OCH3 is 1. The summed E-state index contributed by atoms with van der Waals surface area (Å²) in [5.74, 6) is -3.82. The van der Waals surface area contributed by atoms with Crippen LogP contribution in [0.2, 0.25) is 0 Å². The van der Waals surface area contributed by atoms with Crippen LogP contribution in [0.5, 0.6) is 5.75 Å². The van der Waals surface area contributed by atoms with Crippen LogP contribution >= 0.6 is 0 Å². The highest BCUT2D eigenvalue weighted by Crippen LogP contribution is 2.26. The van der Waals surface area contributed by atoms with Crippen LogP contribution in [0.1, 0.15) is 24.9 Å². The second-order valence-corrected chi connectivity index (χ2v) is 5.12. The van der Waals surface area contributed by atoms with Crippen LogP contribution in [-0.2, 0) is 4.79 Å². The molecule has 4 nitrogen and oxygen atoms in total. The Kier molecular flexibility index (Phi) is 4.41. The van der Waals surface area contributed by atoms with E-state index >= 15 is 0 Å². The summed E-state index contributed by atoms with van der Waals surface area (Å²) < 4.78 is 44.5. The lowest BCUT2D eigenvalue weighted by Gasteiger charge is -2.18. The zero-order valence-corrected chi connectivity index (χ0v) is 11.8. The Balaban J connectivity index is 1.99. The fraction of sp³-hybridized carbons (Fsp3) is 0.500. The molecule has 1 amide bonds. The van der Waals surface area contributed by atoms with Crippen LogP contribution in [-0.4, -0.2) is 31.5 Å². The van der Waals surface area contributed by atoms with E-state index in [4.69, 9.17) is 4.74 Å². The molecule has 116 valence electrons. The molecule has 0 radical (unpaired) electrons. The van der Waals surface area contributed by atoms with E-state index in [2.05, 4.69) is 10.6 Å². The van der Waals surface area contributed by atoms with Crippen LogP contribution in [0.4, 0.5) is 13.2 Å². The van der Waals surface area contributed by atoms with Crippen molar-refractivity contribution in [1.82, 2.24) is 10.6 Å². The maximum absolute atomic E-state index is 13.6. The highest BCUT2D eigenvalue weighted by atomic mass is 19.3. The maximum Gasteiger partial charge on any atom is 0.262 e. The summed E-state index contributed by atoms with van der Waals surface area (Å²) in [6.07, 6.45) is -0.525. The predicted molar refractivity (Wildman–Crippen MR) is 70.9 cm³/mol. The molecular weight excluding hydrogens is 285 g/mol. The number of rotatable bonds is 4. The summed E-state index contributed by atoms with van der Waals surface area (Å²) in [5, 5.41) is 5.08. The third-order valence-electron chi connectivity index (χ3n) is 3.46. The number of carbonyl (C=O) groups excluding carboxylic acids is 1. The van der Waals surface area contributed by atoms with Gasteiger partial charge in [-0.1, -0.05) is 6.07 Å². The molecule has 1 heterocycles. The van der Waals surface area contributed by atoms with Gasteiger partial charge in [0, 0.05) is 6.42 Å². The van der Waals surface area contributed by atoms with Gasteiger partial charge in [0.05, 0.1) is 25.7 Å². The number of hydrogen-bond donors (Lipinski definition) is 2. The minimum Gasteiger partial charge on any atom is -0.494 e. The van der Waals surface area contributed by atoms with Gasteiger partial charge in [0.15, 0.2) is 11.6 Å². The van der Waals surface area contributed by atoms with Gasteiger partial charge in [0.25, 0.3) is 5.92 Å². The lowest BCUT2D eigenvalue weighted by atomic mass is 10.1. The van der Waals surface area contributed by atoms with Crippen LogP contribution < -0.4 is 15.4 Å². The monoisotopic (exact) mass is 302 g/mol. The van der Waals surface area contributed by atoms with E-state index in [9.17, 15) is 18.0 Å². The van der Waals surface area contributed by atoms with E-state index in [0.717, 1.165) is 0 Å². The van der Waals surface area contributed by atoms with Crippen LogP contribution in [0.15, 0.2) is 18.2 Å².